The molecule has 0 amide bonds. The normalized spacial score (nSPS) is 24.2. The van der Waals surface area contributed by atoms with Crippen LogP contribution in [-0.2, 0) is 16.6 Å². The number of sulfonamides is 1. The van der Waals surface area contributed by atoms with Crippen molar-refractivity contribution in [1.82, 2.24) is 19.5 Å². The van der Waals surface area contributed by atoms with Crippen molar-refractivity contribution in [1.29, 1.82) is 0 Å². The summed E-state index contributed by atoms with van der Waals surface area (Å²) in [6.45, 7) is 3.99. The van der Waals surface area contributed by atoms with Crippen LogP contribution in [0.4, 0.5) is 17.6 Å². The number of aromatic nitrogens is 1. The highest BCUT2D eigenvalue weighted by atomic mass is 32.2. The molecule has 0 aromatic carbocycles. The lowest BCUT2D eigenvalue weighted by atomic mass is 9.90. The van der Waals surface area contributed by atoms with Crippen LogP contribution in [0.15, 0.2) is 44.5 Å². The van der Waals surface area contributed by atoms with Crippen molar-refractivity contribution >= 4 is 21.6 Å². The molecule has 0 spiro atoms. The Balaban J connectivity index is 1.35. The lowest BCUT2D eigenvalue weighted by molar-refractivity contribution is -0.129. The molecule has 4 aliphatic rings. The number of rotatable bonds is 8. The summed E-state index contributed by atoms with van der Waals surface area (Å²) in [4.78, 5) is 25.5. The van der Waals surface area contributed by atoms with E-state index in [1.54, 1.807) is 10.6 Å². The van der Waals surface area contributed by atoms with Crippen molar-refractivity contribution in [2.24, 2.45) is 9.98 Å². The average molecular weight is 627 g/mol. The van der Waals surface area contributed by atoms with E-state index in [0.29, 0.717) is 28.6 Å². The predicted octanol–water partition coefficient (Wildman–Crippen LogP) is 3.08. The van der Waals surface area contributed by atoms with Crippen molar-refractivity contribution in [3.05, 3.63) is 56.4 Å². The zero-order chi connectivity index (χ0) is 31.1. The minimum atomic E-state index is -4.66. The number of nitrogens with one attached hydrogen (secondary N) is 2. The molecule has 0 saturated heterocycles. The molecule has 1 aliphatic heterocycles. The fraction of sp³-hybridized carbons (Fsp3) is 0.621. The fourth-order valence-corrected chi connectivity index (χ4v) is 7.05. The van der Waals surface area contributed by atoms with E-state index in [0.717, 1.165) is 37.8 Å². The standard InChI is InChI=1S/C29H38F4N6O3S/c1-17(2)39-26-19(16-34-28(36-26)35-20-5-7-21(8-6-20)38(3)22-9-10-22)14-23(27(39)40)18-4-11-25(24(30)15-18)37-43(41,42)13-12-29(31,32)33/h4,11,14,17,20-22,37H,5-10,12-13,15-16H2,1-3H3,(H,34,35). The minimum Gasteiger partial charge on any atom is -0.352 e. The van der Waals surface area contributed by atoms with E-state index in [9.17, 15) is 26.4 Å². The smallest absolute Gasteiger partial charge is 0.352 e. The highest BCUT2D eigenvalue weighted by molar-refractivity contribution is 7.89. The zero-order valence-corrected chi connectivity index (χ0v) is 25.4. The quantitative estimate of drug-likeness (QED) is 0.432. The first-order valence-corrected chi connectivity index (χ1v) is 16.4. The van der Waals surface area contributed by atoms with Gasteiger partial charge >= 0.3 is 6.18 Å². The summed E-state index contributed by atoms with van der Waals surface area (Å²) >= 11 is 0. The first-order valence-electron chi connectivity index (χ1n) is 14.7. The summed E-state index contributed by atoms with van der Waals surface area (Å²) in [5.74, 6) is -1.62. The van der Waals surface area contributed by atoms with Crippen LogP contribution in [0.3, 0.4) is 0 Å². The third kappa shape index (κ3) is 7.57. The Kier molecular flexibility index (Phi) is 8.90. The van der Waals surface area contributed by atoms with Gasteiger partial charge in [0.25, 0.3) is 5.56 Å². The maximum atomic E-state index is 15.0. The summed E-state index contributed by atoms with van der Waals surface area (Å²) < 4.78 is 80.0. The number of aliphatic imine (C=N–C) groups is 1. The molecule has 2 fully saturated rings. The van der Waals surface area contributed by atoms with Crippen LogP contribution in [0.25, 0.3) is 5.57 Å². The van der Waals surface area contributed by atoms with E-state index in [1.165, 1.54) is 18.9 Å². The van der Waals surface area contributed by atoms with Crippen LogP contribution in [-0.4, -0.2) is 60.9 Å². The number of hydrogen-bond acceptors (Lipinski definition) is 7. The second kappa shape index (κ2) is 12.2. The summed E-state index contributed by atoms with van der Waals surface area (Å²) in [6.07, 6.45) is 2.77. The van der Waals surface area contributed by atoms with Gasteiger partial charge in [-0.25, -0.2) is 17.8 Å². The Morgan fingerprint density at radius 3 is 2.33 bits per heavy atom. The molecule has 43 heavy (non-hydrogen) atoms. The maximum Gasteiger partial charge on any atom is 0.390 e. The Morgan fingerprint density at radius 2 is 1.74 bits per heavy atom. The van der Waals surface area contributed by atoms with E-state index in [1.807, 2.05) is 18.6 Å². The number of fused-ring (bicyclic) bond motifs is 1. The third-order valence-corrected chi connectivity index (χ3v) is 9.77. The topological polar surface area (TPSA) is 108 Å². The van der Waals surface area contributed by atoms with Gasteiger partial charge in [-0.3, -0.25) is 14.1 Å². The molecule has 2 N–H and O–H groups in total. The molecule has 0 radical (unpaired) electrons. The van der Waals surface area contributed by atoms with E-state index in [4.69, 9.17) is 4.99 Å². The zero-order valence-electron chi connectivity index (χ0n) is 24.5. The van der Waals surface area contributed by atoms with Crippen molar-refractivity contribution in [2.75, 3.05) is 12.8 Å². The number of allylic oxidation sites excluding steroid dienone is 3. The van der Waals surface area contributed by atoms with Gasteiger partial charge in [0.15, 0.2) is 0 Å². The molecule has 5 rings (SSSR count). The molecule has 0 bridgehead atoms. The number of pyridine rings is 1. The summed E-state index contributed by atoms with van der Waals surface area (Å²) in [7, 11) is -2.20. The molecular weight excluding hydrogens is 588 g/mol. The van der Waals surface area contributed by atoms with Crippen LogP contribution in [0.2, 0.25) is 0 Å². The number of alkyl halides is 3. The molecule has 3 aliphatic carbocycles. The van der Waals surface area contributed by atoms with Gasteiger partial charge in [-0.1, -0.05) is 6.08 Å². The van der Waals surface area contributed by atoms with E-state index in [2.05, 4.69) is 22.3 Å². The van der Waals surface area contributed by atoms with Crippen LogP contribution in [0.5, 0.6) is 0 Å². The van der Waals surface area contributed by atoms with Crippen molar-refractivity contribution in [3.8, 4) is 0 Å². The molecule has 0 unspecified atom stereocenters. The van der Waals surface area contributed by atoms with Gasteiger partial charge in [-0.15, -0.1) is 0 Å². The molecule has 236 valence electrons. The van der Waals surface area contributed by atoms with Crippen LogP contribution >= 0.6 is 0 Å². The van der Waals surface area contributed by atoms with E-state index in [-0.39, 0.29) is 29.4 Å². The molecule has 9 nitrogen and oxygen atoms in total. The van der Waals surface area contributed by atoms with Crippen LogP contribution < -0.4 is 26.3 Å². The Morgan fingerprint density at radius 1 is 1.09 bits per heavy atom. The first-order chi connectivity index (χ1) is 20.2. The molecule has 1 aromatic rings. The third-order valence-electron chi connectivity index (χ3n) is 8.49. The second-order valence-corrected chi connectivity index (χ2v) is 14.0. The molecule has 2 heterocycles. The van der Waals surface area contributed by atoms with Crippen molar-refractivity contribution < 1.29 is 26.0 Å². The number of halogens is 4. The Hall–Kier alpha value is -3.00. The largest absolute Gasteiger partial charge is 0.390 e. The minimum absolute atomic E-state index is 0.234. The highest BCUT2D eigenvalue weighted by Gasteiger charge is 2.34. The summed E-state index contributed by atoms with van der Waals surface area (Å²) in [6, 6.07) is 2.98. The van der Waals surface area contributed by atoms with Gasteiger partial charge in [0, 0.05) is 41.4 Å². The van der Waals surface area contributed by atoms with Crippen LogP contribution in [0.1, 0.15) is 76.8 Å². The highest BCUT2D eigenvalue weighted by Crippen LogP contribution is 2.32. The van der Waals surface area contributed by atoms with Crippen LogP contribution in [0, 0.1) is 0 Å². The SMILES string of the molecule is CC(C)n1c2c(cc(=C3C=CC(NS(=O)(=O)CCC(F)(F)F)=C(F)C3)c1=O)CN=C(NC1CCC(N(C)C3CC3)CC1)N=2. The van der Waals surface area contributed by atoms with Crippen molar-refractivity contribution in [3.63, 3.8) is 0 Å². The summed E-state index contributed by atoms with van der Waals surface area (Å²) in [5, 5.41) is 3.71. The predicted molar refractivity (Wildman–Crippen MR) is 156 cm³/mol. The average Bonchev–Trinajstić information content (AvgIpc) is 3.78. The fourth-order valence-electron chi connectivity index (χ4n) is 5.93. The first kappa shape index (κ1) is 31.4. The van der Waals surface area contributed by atoms with Gasteiger partial charge in [0.1, 0.15) is 11.3 Å². The van der Waals surface area contributed by atoms with Crippen molar-refractivity contribution in [2.45, 2.75) is 102 Å². The van der Waals surface area contributed by atoms with Gasteiger partial charge in [0.05, 0.1) is 24.4 Å². The van der Waals surface area contributed by atoms with Gasteiger partial charge in [-0.05, 0) is 77.1 Å². The van der Waals surface area contributed by atoms with E-state index >= 15 is 4.39 Å². The maximum absolute atomic E-state index is 15.0. The van der Waals surface area contributed by atoms with Gasteiger partial charge in [-0.2, -0.15) is 18.2 Å². The number of nitrogens with zero attached hydrogens (tertiary/aromatic N) is 4. The monoisotopic (exact) mass is 626 g/mol. The second-order valence-electron chi connectivity index (χ2n) is 12.1. The molecule has 0 atom stereocenters. The van der Waals surface area contributed by atoms with Gasteiger partial charge in [0.2, 0.25) is 16.0 Å². The molecule has 14 heteroatoms. The molecule has 1 aromatic heterocycles. The van der Waals surface area contributed by atoms with E-state index < -0.39 is 46.3 Å². The van der Waals surface area contributed by atoms with Gasteiger partial charge < -0.3 is 10.2 Å². The lowest BCUT2D eigenvalue weighted by Gasteiger charge is -2.35. The molecule has 2 saturated carbocycles. The lowest BCUT2D eigenvalue weighted by Crippen LogP contribution is -2.49. The molecular formula is C29H38F4N6O3S. The number of hydrogen-bond donors (Lipinski definition) is 2. The Labute approximate surface area is 248 Å². The number of guanidine groups is 1. The Bertz CT molecular complexity index is 1630. The summed E-state index contributed by atoms with van der Waals surface area (Å²) in [5.41, 5.74) is 0.699.